The largest absolute Gasteiger partial charge is 0.416 e. The lowest BCUT2D eigenvalue weighted by atomic mass is 10.0. The molecular formula is C23H26ClF3N4O2. The normalized spacial score (nSPS) is 21.0. The second-order valence-electron chi connectivity index (χ2n) is 9.17. The molecule has 1 aromatic carbocycles. The van der Waals surface area contributed by atoms with Gasteiger partial charge in [0.05, 0.1) is 29.5 Å². The van der Waals surface area contributed by atoms with E-state index >= 15 is 0 Å². The van der Waals surface area contributed by atoms with Crippen molar-refractivity contribution in [3.63, 3.8) is 0 Å². The minimum absolute atomic E-state index is 0.00800. The zero-order chi connectivity index (χ0) is 24.0. The van der Waals surface area contributed by atoms with Gasteiger partial charge < -0.3 is 9.80 Å². The molecule has 10 heteroatoms. The average molecular weight is 483 g/mol. The van der Waals surface area contributed by atoms with Crippen LogP contribution in [0.25, 0.3) is 0 Å². The fourth-order valence-electron chi connectivity index (χ4n) is 4.89. The van der Waals surface area contributed by atoms with E-state index in [1.54, 1.807) is 4.90 Å². The highest BCUT2D eigenvalue weighted by Crippen LogP contribution is 2.36. The van der Waals surface area contributed by atoms with Gasteiger partial charge in [-0.2, -0.15) is 18.3 Å². The molecule has 1 aromatic heterocycles. The van der Waals surface area contributed by atoms with Crippen molar-refractivity contribution >= 4 is 23.2 Å². The number of anilines is 1. The lowest BCUT2D eigenvalue weighted by Crippen LogP contribution is -2.55. The van der Waals surface area contributed by atoms with E-state index in [2.05, 4.69) is 5.10 Å². The van der Waals surface area contributed by atoms with Crippen LogP contribution in [0, 0.1) is 0 Å². The number of carbonyl (C=O) groups is 1. The molecule has 33 heavy (non-hydrogen) atoms. The van der Waals surface area contributed by atoms with Crippen LogP contribution in [-0.4, -0.2) is 39.7 Å². The van der Waals surface area contributed by atoms with Crippen molar-refractivity contribution in [1.82, 2.24) is 14.7 Å². The number of hydrogen-bond donors (Lipinski definition) is 0. The van der Waals surface area contributed by atoms with Crippen LogP contribution in [0.1, 0.15) is 50.7 Å². The molecule has 0 radical (unpaired) electrons. The second kappa shape index (κ2) is 8.66. The molecule has 0 unspecified atom stereocenters. The van der Waals surface area contributed by atoms with Gasteiger partial charge >= 0.3 is 6.18 Å². The fourth-order valence-corrected chi connectivity index (χ4v) is 5.13. The Morgan fingerprint density at radius 2 is 1.85 bits per heavy atom. The van der Waals surface area contributed by atoms with Gasteiger partial charge in [-0.25, -0.2) is 4.68 Å². The van der Waals surface area contributed by atoms with Crippen LogP contribution < -0.4 is 10.5 Å². The number of piperazine rings is 1. The predicted molar refractivity (Wildman–Crippen MR) is 119 cm³/mol. The number of rotatable bonds is 4. The van der Waals surface area contributed by atoms with Crippen molar-refractivity contribution in [2.45, 2.75) is 63.8 Å². The highest BCUT2D eigenvalue weighted by molar-refractivity contribution is 6.33. The molecule has 2 fully saturated rings. The van der Waals surface area contributed by atoms with Gasteiger partial charge in [-0.3, -0.25) is 9.59 Å². The summed E-state index contributed by atoms with van der Waals surface area (Å²) in [6.45, 7) is 3.79. The van der Waals surface area contributed by atoms with E-state index in [0.29, 0.717) is 5.69 Å². The smallest absolute Gasteiger partial charge is 0.355 e. The van der Waals surface area contributed by atoms with Crippen molar-refractivity contribution < 1.29 is 18.0 Å². The zero-order valence-corrected chi connectivity index (χ0v) is 19.3. The summed E-state index contributed by atoms with van der Waals surface area (Å²) in [4.78, 5) is 29.0. The summed E-state index contributed by atoms with van der Waals surface area (Å²) < 4.78 is 41.5. The molecule has 0 N–H and O–H groups in total. The average Bonchev–Trinajstić information content (AvgIpc) is 3.19. The van der Waals surface area contributed by atoms with Gasteiger partial charge in [0.2, 0.25) is 5.91 Å². The van der Waals surface area contributed by atoms with Crippen molar-refractivity contribution in [3.05, 3.63) is 57.0 Å². The first kappa shape index (κ1) is 23.6. The number of carbonyl (C=O) groups excluding carboxylic acids is 1. The number of alkyl halides is 3. The Labute approximate surface area is 194 Å². The topological polar surface area (TPSA) is 58.4 Å². The summed E-state index contributed by atoms with van der Waals surface area (Å²) in [6.07, 6.45) is 0.771. The number of aromatic nitrogens is 2. The quantitative estimate of drug-likeness (QED) is 0.646. The van der Waals surface area contributed by atoms with E-state index < -0.39 is 11.7 Å². The third-order valence-electron chi connectivity index (χ3n) is 6.76. The lowest BCUT2D eigenvalue weighted by molar-refractivity contribution is -0.140. The fraction of sp³-hybridized carbons (Fsp3) is 0.522. The van der Waals surface area contributed by atoms with Gasteiger partial charge in [0, 0.05) is 19.1 Å². The molecule has 178 valence electrons. The Balaban J connectivity index is 1.56. The molecule has 0 bridgehead atoms. The van der Waals surface area contributed by atoms with Gasteiger partial charge in [0.1, 0.15) is 5.02 Å². The van der Waals surface area contributed by atoms with E-state index in [1.165, 1.54) is 34.0 Å². The lowest BCUT2D eigenvalue weighted by Gasteiger charge is -2.41. The van der Waals surface area contributed by atoms with E-state index in [1.807, 2.05) is 13.8 Å². The van der Waals surface area contributed by atoms with Gasteiger partial charge in [-0.05, 0) is 38.3 Å². The highest BCUT2D eigenvalue weighted by Gasteiger charge is 2.37. The molecule has 2 aliphatic rings. The van der Waals surface area contributed by atoms with Crippen LogP contribution in [0.2, 0.25) is 5.02 Å². The molecular weight excluding hydrogens is 457 g/mol. The Hall–Kier alpha value is -2.55. The Bertz CT molecular complexity index is 1110. The van der Waals surface area contributed by atoms with Gasteiger partial charge in [0.15, 0.2) is 0 Å². The van der Waals surface area contributed by atoms with E-state index in [0.717, 1.165) is 31.7 Å². The molecule has 1 amide bonds. The first-order valence-corrected chi connectivity index (χ1v) is 11.4. The molecule has 0 spiro atoms. The maximum Gasteiger partial charge on any atom is 0.416 e. The van der Waals surface area contributed by atoms with E-state index in [-0.39, 0.29) is 53.3 Å². The minimum atomic E-state index is -4.49. The first-order valence-electron chi connectivity index (χ1n) is 11.0. The maximum absolute atomic E-state index is 13.3. The number of halogens is 4. The van der Waals surface area contributed by atoms with Crippen molar-refractivity contribution in [2.75, 3.05) is 18.0 Å². The predicted octanol–water partition coefficient (Wildman–Crippen LogP) is 4.44. The molecule has 1 aliphatic carbocycles. The highest BCUT2D eigenvalue weighted by atomic mass is 35.5. The summed E-state index contributed by atoms with van der Waals surface area (Å²) in [5.74, 6) is -0.340. The zero-order valence-electron chi connectivity index (χ0n) is 18.5. The standard InChI is InChI=1S/C23H26ClF3N4O2/c1-15-12-29(13-16-7-3-4-8-17(16)23(25,26)27)19(32)14-30(15)18-11-28-31(21(33)20(18)24)22(2)9-5-6-10-22/h3-4,7-8,11,15H,5-6,9-10,12-14H2,1-2H3/t15-/m1/s1. The van der Waals surface area contributed by atoms with Crippen LogP contribution in [0.3, 0.4) is 0 Å². The maximum atomic E-state index is 13.3. The molecule has 1 saturated heterocycles. The number of hydrogen-bond acceptors (Lipinski definition) is 4. The molecule has 1 saturated carbocycles. The Kier molecular flexibility index (Phi) is 6.20. The van der Waals surface area contributed by atoms with E-state index in [9.17, 15) is 22.8 Å². The summed E-state index contributed by atoms with van der Waals surface area (Å²) >= 11 is 6.46. The van der Waals surface area contributed by atoms with Crippen LogP contribution in [-0.2, 0) is 23.1 Å². The molecule has 4 rings (SSSR count). The third kappa shape index (κ3) is 4.47. The minimum Gasteiger partial charge on any atom is -0.355 e. The van der Waals surface area contributed by atoms with Gasteiger partial charge in [-0.1, -0.05) is 42.6 Å². The Morgan fingerprint density at radius 1 is 1.18 bits per heavy atom. The molecule has 2 aromatic rings. The third-order valence-corrected chi connectivity index (χ3v) is 7.12. The SMILES string of the molecule is C[C@@H]1CN(Cc2ccccc2C(F)(F)F)C(=O)CN1c1cnn(C2(C)CCCC2)c(=O)c1Cl. The van der Waals surface area contributed by atoms with Gasteiger partial charge in [0.25, 0.3) is 5.56 Å². The number of amides is 1. The van der Waals surface area contributed by atoms with Crippen LogP contribution >= 0.6 is 11.6 Å². The molecule has 2 heterocycles. The first-order chi connectivity index (χ1) is 15.5. The van der Waals surface area contributed by atoms with Crippen LogP contribution in [0.4, 0.5) is 18.9 Å². The monoisotopic (exact) mass is 482 g/mol. The van der Waals surface area contributed by atoms with E-state index in [4.69, 9.17) is 11.6 Å². The molecule has 6 nitrogen and oxygen atoms in total. The van der Waals surface area contributed by atoms with Crippen molar-refractivity contribution in [1.29, 1.82) is 0 Å². The van der Waals surface area contributed by atoms with Crippen molar-refractivity contribution in [2.24, 2.45) is 0 Å². The Morgan fingerprint density at radius 3 is 2.52 bits per heavy atom. The number of nitrogens with zero attached hydrogens (tertiary/aromatic N) is 4. The van der Waals surface area contributed by atoms with Gasteiger partial charge in [-0.15, -0.1) is 0 Å². The second-order valence-corrected chi connectivity index (χ2v) is 9.55. The van der Waals surface area contributed by atoms with Crippen LogP contribution in [0.15, 0.2) is 35.3 Å². The summed E-state index contributed by atoms with van der Waals surface area (Å²) in [5, 5.41) is 4.39. The summed E-state index contributed by atoms with van der Waals surface area (Å²) in [5.41, 5.74) is -1.09. The van der Waals surface area contributed by atoms with Crippen LogP contribution in [0.5, 0.6) is 0 Å². The summed E-state index contributed by atoms with van der Waals surface area (Å²) in [7, 11) is 0. The van der Waals surface area contributed by atoms with Crippen molar-refractivity contribution in [3.8, 4) is 0 Å². The number of benzene rings is 1. The molecule has 1 aliphatic heterocycles. The molecule has 1 atom stereocenters. The summed E-state index contributed by atoms with van der Waals surface area (Å²) in [6, 6.07) is 5.00.